The first kappa shape index (κ1) is 21.3. The average molecular weight is 418 g/mol. The smallest absolute Gasteiger partial charge is 0.405 e. The number of nitrogens with two attached hydrogens (primary N) is 1. The monoisotopic (exact) mass is 417 g/mol. The molecule has 0 heterocycles. The van der Waals surface area contributed by atoms with Crippen molar-refractivity contribution in [3.05, 3.63) is 46.5 Å². The molecule has 0 saturated carbocycles. The Hall–Kier alpha value is -2.40. The summed E-state index contributed by atoms with van der Waals surface area (Å²) in [7, 11) is 0. The molecule has 6 heteroatoms. The lowest BCUT2D eigenvalue weighted by Gasteiger charge is -2.26. The largest absolute Gasteiger partial charge is 0.493 e. The molecular weight excluding hydrogens is 390 g/mol. The van der Waals surface area contributed by atoms with Crippen molar-refractivity contribution in [2.75, 3.05) is 6.61 Å². The summed E-state index contributed by atoms with van der Waals surface area (Å²) < 4.78 is 17.1. The Bertz CT molecular complexity index is 923. The molecule has 29 heavy (non-hydrogen) atoms. The van der Waals surface area contributed by atoms with Crippen LogP contribution >= 0.6 is 11.6 Å². The lowest BCUT2D eigenvalue weighted by molar-refractivity contribution is 0.0391. The Labute approximate surface area is 177 Å². The molecule has 0 radical (unpaired) electrons. The van der Waals surface area contributed by atoms with Crippen LogP contribution in [-0.2, 0) is 11.2 Å². The minimum atomic E-state index is -0.773. The molecule has 0 saturated heterocycles. The second-order valence-corrected chi connectivity index (χ2v) is 8.68. The number of halogens is 1. The van der Waals surface area contributed by atoms with Crippen LogP contribution in [0.15, 0.2) is 30.3 Å². The van der Waals surface area contributed by atoms with Gasteiger partial charge in [0.25, 0.3) is 0 Å². The molecule has 1 aliphatic carbocycles. The number of benzene rings is 2. The SMILES string of the molecule is CCOc1cc2c(cc1-c1ccc(OC(C)C)c(Cl)c1)CC(C)(C)[C@H]2OC(N)=O. The number of rotatable bonds is 6. The predicted molar refractivity (Wildman–Crippen MR) is 115 cm³/mol. The standard InChI is InChI=1S/C23H28ClNO4/c1-6-27-20-11-17-15(12-23(4,5)21(17)29-22(25)26)9-16(20)14-7-8-19(18(24)10-14)28-13(2)3/h7-11,13,21H,6,12H2,1-5H3,(H2,25,26)/t21-/m0/s1. The minimum Gasteiger partial charge on any atom is -0.493 e. The highest BCUT2D eigenvalue weighted by Crippen LogP contribution is 2.50. The predicted octanol–water partition coefficient (Wildman–Crippen LogP) is 5.91. The first-order valence-electron chi connectivity index (χ1n) is 9.84. The average Bonchev–Trinajstić information content (AvgIpc) is 2.85. The van der Waals surface area contributed by atoms with E-state index in [4.69, 9.17) is 31.5 Å². The van der Waals surface area contributed by atoms with Gasteiger partial charge in [0, 0.05) is 11.0 Å². The molecule has 1 aliphatic rings. The third-order valence-corrected chi connectivity index (χ3v) is 5.31. The summed E-state index contributed by atoms with van der Waals surface area (Å²) >= 11 is 6.46. The van der Waals surface area contributed by atoms with E-state index in [9.17, 15) is 4.79 Å². The number of amides is 1. The number of ether oxygens (including phenoxy) is 3. The first-order valence-corrected chi connectivity index (χ1v) is 10.2. The summed E-state index contributed by atoms with van der Waals surface area (Å²) in [6, 6.07) is 9.81. The molecule has 0 spiro atoms. The molecule has 0 aliphatic heterocycles. The molecule has 0 fully saturated rings. The van der Waals surface area contributed by atoms with Gasteiger partial charge in [0.1, 0.15) is 17.6 Å². The summed E-state index contributed by atoms with van der Waals surface area (Å²) in [6.07, 6.45) is -0.372. The molecular formula is C23H28ClNO4. The fourth-order valence-corrected chi connectivity index (χ4v) is 4.12. The minimum absolute atomic E-state index is 0.0433. The van der Waals surface area contributed by atoms with Crippen LogP contribution in [0, 0.1) is 5.41 Å². The van der Waals surface area contributed by atoms with Crippen LogP contribution in [0.2, 0.25) is 5.02 Å². The van der Waals surface area contributed by atoms with E-state index in [-0.39, 0.29) is 11.5 Å². The Balaban J connectivity index is 2.07. The molecule has 5 nitrogen and oxygen atoms in total. The van der Waals surface area contributed by atoms with Gasteiger partial charge >= 0.3 is 6.09 Å². The zero-order chi connectivity index (χ0) is 21.3. The number of fused-ring (bicyclic) bond motifs is 1. The number of hydrogen-bond acceptors (Lipinski definition) is 4. The van der Waals surface area contributed by atoms with E-state index in [0.29, 0.717) is 17.4 Å². The van der Waals surface area contributed by atoms with E-state index in [2.05, 4.69) is 19.9 Å². The third-order valence-electron chi connectivity index (χ3n) is 5.02. The van der Waals surface area contributed by atoms with Crippen LogP contribution in [0.4, 0.5) is 4.79 Å². The van der Waals surface area contributed by atoms with Crippen molar-refractivity contribution < 1.29 is 19.0 Å². The normalized spacial score (nSPS) is 17.1. The van der Waals surface area contributed by atoms with Crippen LogP contribution in [-0.4, -0.2) is 18.8 Å². The zero-order valence-corrected chi connectivity index (χ0v) is 18.3. The second kappa shape index (κ2) is 8.15. The molecule has 0 unspecified atom stereocenters. The highest BCUT2D eigenvalue weighted by Gasteiger charge is 2.42. The van der Waals surface area contributed by atoms with Gasteiger partial charge in [-0.2, -0.15) is 0 Å². The molecule has 1 amide bonds. The summed E-state index contributed by atoms with van der Waals surface area (Å²) in [5.41, 5.74) is 8.99. The molecule has 1 atom stereocenters. The maximum atomic E-state index is 11.4. The van der Waals surface area contributed by atoms with Crippen LogP contribution in [0.3, 0.4) is 0 Å². The topological polar surface area (TPSA) is 70.8 Å². The fourth-order valence-electron chi connectivity index (χ4n) is 3.90. The summed E-state index contributed by atoms with van der Waals surface area (Å²) in [6.45, 7) is 10.5. The summed E-state index contributed by atoms with van der Waals surface area (Å²) in [5.74, 6) is 1.37. The molecule has 2 N–H and O–H groups in total. The van der Waals surface area contributed by atoms with Crippen LogP contribution in [0.1, 0.15) is 51.8 Å². The number of carbonyl (C=O) groups is 1. The third kappa shape index (κ3) is 4.45. The molecule has 0 aromatic heterocycles. The Morgan fingerprint density at radius 1 is 1.24 bits per heavy atom. The van der Waals surface area contributed by atoms with Gasteiger partial charge < -0.3 is 19.9 Å². The number of hydrogen-bond donors (Lipinski definition) is 1. The second-order valence-electron chi connectivity index (χ2n) is 8.27. The fraction of sp³-hybridized carbons (Fsp3) is 0.435. The van der Waals surface area contributed by atoms with Crippen molar-refractivity contribution in [2.45, 2.75) is 53.2 Å². The van der Waals surface area contributed by atoms with Crippen LogP contribution in [0.5, 0.6) is 11.5 Å². The van der Waals surface area contributed by atoms with Crippen molar-refractivity contribution in [3.8, 4) is 22.6 Å². The van der Waals surface area contributed by atoms with Gasteiger partial charge in [-0.15, -0.1) is 0 Å². The van der Waals surface area contributed by atoms with Gasteiger partial charge in [0.15, 0.2) is 0 Å². The molecule has 156 valence electrons. The summed E-state index contributed by atoms with van der Waals surface area (Å²) in [5, 5.41) is 0.550. The molecule has 3 rings (SSSR count). The Morgan fingerprint density at radius 3 is 2.55 bits per heavy atom. The van der Waals surface area contributed by atoms with Gasteiger partial charge in [-0.1, -0.05) is 31.5 Å². The van der Waals surface area contributed by atoms with Crippen molar-refractivity contribution in [2.24, 2.45) is 11.1 Å². The Morgan fingerprint density at radius 2 is 1.97 bits per heavy atom. The van der Waals surface area contributed by atoms with Crippen LogP contribution < -0.4 is 15.2 Å². The molecule has 2 aromatic rings. The van der Waals surface area contributed by atoms with E-state index in [1.165, 1.54) is 0 Å². The van der Waals surface area contributed by atoms with Gasteiger partial charge in [0.05, 0.1) is 17.7 Å². The maximum absolute atomic E-state index is 11.4. The van der Waals surface area contributed by atoms with E-state index >= 15 is 0 Å². The number of primary amides is 1. The Kier molecular flexibility index (Phi) is 5.99. The zero-order valence-electron chi connectivity index (χ0n) is 17.5. The maximum Gasteiger partial charge on any atom is 0.405 e. The van der Waals surface area contributed by atoms with E-state index in [0.717, 1.165) is 34.4 Å². The van der Waals surface area contributed by atoms with Crippen molar-refractivity contribution in [1.82, 2.24) is 0 Å². The van der Waals surface area contributed by atoms with Crippen molar-refractivity contribution >= 4 is 17.7 Å². The van der Waals surface area contributed by atoms with E-state index in [1.54, 1.807) is 0 Å². The van der Waals surface area contributed by atoms with E-state index in [1.807, 2.05) is 45.0 Å². The van der Waals surface area contributed by atoms with Gasteiger partial charge in [-0.05, 0) is 68.1 Å². The van der Waals surface area contributed by atoms with Gasteiger partial charge in [-0.3, -0.25) is 0 Å². The molecule has 2 aromatic carbocycles. The first-order chi connectivity index (χ1) is 13.6. The highest BCUT2D eigenvalue weighted by molar-refractivity contribution is 6.32. The quantitative estimate of drug-likeness (QED) is 0.634. The lowest BCUT2D eigenvalue weighted by atomic mass is 9.87. The van der Waals surface area contributed by atoms with Crippen molar-refractivity contribution in [1.29, 1.82) is 0 Å². The number of carbonyl (C=O) groups excluding carboxylic acids is 1. The molecule has 0 bridgehead atoms. The summed E-state index contributed by atoms with van der Waals surface area (Å²) in [4.78, 5) is 11.4. The van der Waals surface area contributed by atoms with Gasteiger partial charge in [0.2, 0.25) is 0 Å². The van der Waals surface area contributed by atoms with Crippen LogP contribution in [0.25, 0.3) is 11.1 Å². The highest BCUT2D eigenvalue weighted by atomic mass is 35.5. The van der Waals surface area contributed by atoms with Crippen molar-refractivity contribution in [3.63, 3.8) is 0 Å². The lowest BCUT2D eigenvalue weighted by Crippen LogP contribution is -2.25. The van der Waals surface area contributed by atoms with E-state index < -0.39 is 12.2 Å². The van der Waals surface area contributed by atoms with Gasteiger partial charge in [-0.25, -0.2) is 4.79 Å².